The summed E-state index contributed by atoms with van der Waals surface area (Å²) in [5.74, 6) is -2.20. The number of carboxylic acids is 2. The molecule has 0 aliphatic carbocycles. The maximum absolute atomic E-state index is 9.99. The van der Waals surface area contributed by atoms with Crippen molar-refractivity contribution in [2.75, 3.05) is 0 Å². The Balaban J connectivity index is -0.000000105. The second-order valence-corrected chi connectivity index (χ2v) is 3.10. The molecule has 12 heteroatoms. The first-order valence-corrected chi connectivity index (χ1v) is 4.74. The van der Waals surface area contributed by atoms with Gasteiger partial charge >= 0.3 is 71.1 Å². The Hall–Kier alpha value is 0.770. The van der Waals surface area contributed by atoms with E-state index in [4.69, 9.17) is 33.5 Å². The molecule has 0 spiro atoms. The van der Waals surface area contributed by atoms with Crippen molar-refractivity contribution in [3.63, 3.8) is 0 Å². The van der Waals surface area contributed by atoms with Crippen molar-refractivity contribution in [2.24, 2.45) is 5.73 Å². The molecule has 0 amide bonds. The van der Waals surface area contributed by atoms with E-state index in [9.17, 15) is 9.59 Å². The second-order valence-electron chi connectivity index (χ2n) is 2.29. The van der Waals surface area contributed by atoms with E-state index in [1.54, 1.807) is 0 Å². The predicted octanol–water partition coefficient (Wildman–Crippen LogP) is -8.07. The summed E-state index contributed by atoms with van der Waals surface area (Å²) >= 11 is 0. The zero-order chi connectivity index (χ0) is 12.6. The van der Waals surface area contributed by atoms with Gasteiger partial charge in [0.2, 0.25) is 0 Å². The molecule has 90 valence electrons. The van der Waals surface area contributed by atoms with Gasteiger partial charge in [-0.1, -0.05) is 0 Å². The quantitative estimate of drug-likeness (QED) is 0.257. The molecule has 0 aromatic rings. The Morgan fingerprint density at radius 3 is 1.65 bits per heavy atom. The maximum Gasteiger partial charge on any atom is 1.00 e. The molecule has 0 saturated carbocycles. The molecule has 0 aliphatic rings. The van der Waals surface area contributed by atoms with Crippen LogP contribution in [-0.2, 0) is 20.0 Å². The summed E-state index contributed by atoms with van der Waals surface area (Å²) in [6.07, 6.45) is -0.224. The molecule has 0 heterocycles. The van der Waals surface area contributed by atoms with Gasteiger partial charge < -0.3 is 25.1 Å². The Kier molecular flexibility index (Phi) is 20.5. The van der Waals surface area contributed by atoms with Crippen LogP contribution in [0.2, 0.25) is 0 Å². The largest absolute Gasteiger partial charge is 1.00 e. The molecule has 17 heavy (non-hydrogen) atoms. The van der Waals surface area contributed by atoms with Crippen molar-refractivity contribution >= 4 is 22.3 Å². The number of carbonyl (C=O) groups is 2. The van der Waals surface area contributed by atoms with E-state index in [2.05, 4.69) is 0 Å². The van der Waals surface area contributed by atoms with Crippen LogP contribution in [0.25, 0.3) is 0 Å². The second kappa shape index (κ2) is 13.2. The summed E-state index contributed by atoms with van der Waals surface area (Å²) in [4.78, 5) is 19.9. The van der Waals surface area contributed by atoms with Crippen molar-refractivity contribution in [3.8, 4) is 0 Å². The van der Waals surface area contributed by atoms with Crippen LogP contribution in [-0.4, -0.2) is 45.7 Å². The standard InChI is InChI=1S/C5H9NO4.2Na.H2O4S/c6-3(5(9)10)1-2-4(7)8;;;1-5(2,3)4/h3H,1-2,6H2,(H,7,8)(H,9,10);;;(H2,1,2,3,4)/q;2*+1;/p-2. The molecule has 0 fully saturated rings. The van der Waals surface area contributed by atoms with Crippen LogP contribution in [0.15, 0.2) is 0 Å². The smallest absolute Gasteiger partial charge is 0.759 e. The molecule has 0 saturated heterocycles. The van der Waals surface area contributed by atoms with Crippen LogP contribution in [0, 0.1) is 0 Å². The van der Waals surface area contributed by atoms with Crippen molar-refractivity contribution in [1.29, 1.82) is 0 Å². The monoisotopic (exact) mass is 289 g/mol. The number of nitrogens with two attached hydrogens (primary N) is 1. The summed E-state index contributed by atoms with van der Waals surface area (Å²) in [6.45, 7) is 0. The van der Waals surface area contributed by atoms with Crippen LogP contribution in [0.5, 0.6) is 0 Å². The first kappa shape index (κ1) is 26.4. The van der Waals surface area contributed by atoms with Crippen LogP contribution < -0.4 is 64.8 Å². The first-order valence-electron chi connectivity index (χ1n) is 3.41. The third kappa shape index (κ3) is 38.3. The van der Waals surface area contributed by atoms with Crippen LogP contribution in [0.4, 0.5) is 0 Å². The van der Waals surface area contributed by atoms with Gasteiger partial charge in [0.25, 0.3) is 0 Å². The first-order chi connectivity index (χ1) is 6.54. The molecule has 1 unspecified atom stereocenters. The third-order valence-electron chi connectivity index (χ3n) is 0.986. The van der Waals surface area contributed by atoms with Gasteiger partial charge in [-0.05, 0) is 6.42 Å². The van der Waals surface area contributed by atoms with Gasteiger partial charge in [-0.2, -0.15) is 0 Å². The van der Waals surface area contributed by atoms with E-state index in [-0.39, 0.29) is 72.0 Å². The molecule has 1 atom stereocenters. The van der Waals surface area contributed by atoms with Crippen LogP contribution in [0.3, 0.4) is 0 Å². The van der Waals surface area contributed by atoms with E-state index >= 15 is 0 Å². The average molecular weight is 289 g/mol. The average Bonchev–Trinajstić information content (AvgIpc) is 1.96. The Bertz CT molecular complexity index is 310. The van der Waals surface area contributed by atoms with E-state index in [1.165, 1.54) is 0 Å². The number of carboxylic acid groups (broad SMARTS) is 2. The Morgan fingerprint density at radius 2 is 1.47 bits per heavy atom. The fourth-order valence-electron chi connectivity index (χ4n) is 0.402. The van der Waals surface area contributed by atoms with E-state index in [0.29, 0.717) is 0 Å². The van der Waals surface area contributed by atoms with Gasteiger partial charge in [0.05, 0.1) is 0 Å². The molecule has 9 nitrogen and oxygen atoms in total. The van der Waals surface area contributed by atoms with Gasteiger partial charge in [0.1, 0.15) is 6.04 Å². The molecule has 0 aliphatic heterocycles. The number of hydrogen-bond donors (Lipinski definition) is 3. The number of hydrogen-bond acceptors (Lipinski definition) is 7. The van der Waals surface area contributed by atoms with Crippen molar-refractivity contribution in [2.45, 2.75) is 18.9 Å². The van der Waals surface area contributed by atoms with Gasteiger partial charge in [-0.25, -0.2) is 0 Å². The van der Waals surface area contributed by atoms with Gasteiger partial charge in [0.15, 0.2) is 0 Å². The summed E-state index contributed by atoms with van der Waals surface area (Å²) in [7, 11) is -5.17. The molecular formula is C5H9NNa2O8S. The fourth-order valence-corrected chi connectivity index (χ4v) is 0.402. The van der Waals surface area contributed by atoms with Crippen molar-refractivity contribution in [3.05, 3.63) is 0 Å². The minimum atomic E-state index is -5.17. The molecule has 0 rings (SSSR count). The molecular weight excluding hydrogens is 280 g/mol. The topological polar surface area (TPSA) is 181 Å². The fraction of sp³-hybridized carbons (Fsp3) is 0.600. The van der Waals surface area contributed by atoms with Gasteiger partial charge in [0, 0.05) is 16.8 Å². The molecule has 0 radical (unpaired) electrons. The van der Waals surface area contributed by atoms with Crippen LogP contribution >= 0.6 is 0 Å². The molecule has 0 aromatic carbocycles. The number of aliphatic carboxylic acids is 2. The SMILES string of the molecule is NC(CCC(=O)O)C(=O)O.O=S(=O)([O-])[O-].[Na+].[Na+]. The van der Waals surface area contributed by atoms with Gasteiger partial charge in [-0.3, -0.25) is 18.0 Å². The van der Waals surface area contributed by atoms with Crippen molar-refractivity contribution < 1.29 is 96.4 Å². The predicted molar refractivity (Wildman–Crippen MR) is 43.0 cm³/mol. The van der Waals surface area contributed by atoms with E-state index in [1.807, 2.05) is 0 Å². The number of rotatable bonds is 4. The van der Waals surface area contributed by atoms with E-state index < -0.39 is 28.4 Å². The zero-order valence-electron chi connectivity index (χ0n) is 9.32. The van der Waals surface area contributed by atoms with Crippen LogP contribution in [0.1, 0.15) is 12.8 Å². The Labute approximate surface area is 142 Å². The third-order valence-corrected chi connectivity index (χ3v) is 0.986. The van der Waals surface area contributed by atoms with Crippen molar-refractivity contribution in [1.82, 2.24) is 0 Å². The summed E-state index contributed by atoms with van der Waals surface area (Å²) in [6, 6.07) is -1.06. The molecule has 0 aromatic heterocycles. The summed E-state index contributed by atoms with van der Waals surface area (Å²) in [5, 5.41) is 16.3. The Morgan fingerprint density at radius 1 is 1.18 bits per heavy atom. The minimum Gasteiger partial charge on any atom is -0.759 e. The maximum atomic E-state index is 9.99. The van der Waals surface area contributed by atoms with Gasteiger partial charge in [-0.15, -0.1) is 0 Å². The summed E-state index contributed by atoms with van der Waals surface area (Å²) < 4.78 is 34.1. The zero-order valence-corrected chi connectivity index (χ0v) is 14.1. The minimum absolute atomic E-state index is 0. The normalized spacial score (nSPS) is 10.8. The summed E-state index contributed by atoms with van der Waals surface area (Å²) in [5.41, 5.74) is 5.00. The molecule has 4 N–H and O–H groups in total. The molecule has 0 bridgehead atoms. The van der Waals surface area contributed by atoms with E-state index in [0.717, 1.165) is 0 Å².